The van der Waals surface area contributed by atoms with Crippen LogP contribution in [0.1, 0.15) is 26.5 Å². The lowest BCUT2D eigenvalue weighted by molar-refractivity contribution is 0.0939. The van der Waals surface area contributed by atoms with Gasteiger partial charge in [0.15, 0.2) is 5.82 Å². The molecule has 0 saturated carbocycles. The molecule has 0 aliphatic carbocycles. The van der Waals surface area contributed by atoms with E-state index in [9.17, 15) is 4.79 Å². The van der Waals surface area contributed by atoms with Crippen LogP contribution in [0.15, 0.2) is 54.6 Å². The fraction of sp³-hybridized carbons (Fsp3) is 0.286. The van der Waals surface area contributed by atoms with Crippen LogP contribution in [0.3, 0.4) is 0 Å². The maximum absolute atomic E-state index is 12.2. The number of aromatic nitrogens is 3. The fourth-order valence-electron chi connectivity index (χ4n) is 2.54. The molecule has 0 spiro atoms. The predicted octanol–water partition coefficient (Wildman–Crippen LogP) is 4.84. The number of hydrogen-bond acceptors (Lipinski definition) is 4. The first kappa shape index (κ1) is 18.6. The maximum Gasteiger partial charge on any atom is 0.413 e. The molecule has 1 atom stereocenters. The second-order valence-corrected chi connectivity index (χ2v) is 6.83. The van der Waals surface area contributed by atoms with E-state index in [4.69, 9.17) is 4.74 Å². The number of carbonyl (C=O) groups excluding carboxylic acids is 1. The van der Waals surface area contributed by atoms with E-state index in [1.54, 1.807) is 11.6 Å². The monoisotopic (exact) mass is 364 g/mol. The van der Waals surface area contributed by atoms with Crippen LogP contribution in [0.5, 0.6) is 0 Å². The van der Waals surface area contributed by atoms with Crippen molar-refractivity contribution in [1.29, 1.82) is 0 Å². The van der Waals surface area contributed by atoms with Gasteiger partial charge in [0.05, 0.1) is 5.69 Å². The van der Waals surface area contributed by atoms with Gasteiger partial charge in [0.2, 0.25) is 0 Å². The van der Waals surface area contributed by atoms with Crippen LogP contribution in [0.4, 0.5) is 10.6 Å². The Labute approximate surface area is 159 Å². The van der Waals surface area contributed by atoms with Crippen LogP contribution in [-0.2, 0) is 4.74 Å². The van der Waals surface area contributed by atoms with Crippen molar-refractivity contribution in [1.82, 2.24) is 15.0 Å². The molecule has 27 heavy (non-hydrogen) atoms. The number of anilines is 1. The lowest BCUT2D eigenvalue weighted by Crippen LogP contribution is -2.25. The van der Waals surface area contributed by atoms with E-state index in [2.05, 4.69) is 27.8 Å². The van der Waals surface area contributed by atoms with Gasteiger partial charge < -0.3 is 4.74 Å². The molecule has 3 rings (SSSR count). The average Bonchev–Trinajstić information content (AvgIpc) is 3.03. The summed E-state index contributed by atoms with van der Waals surface area (Å²) in [6.45, 7) is 7.67. The van der Waals surface area contributed by atoms with Crippen molar-refractivity contribution in [2.45, 2.75) is 33.8 Å². The Kier molecular flexibility index (Phi) is 5.54. The van der Waals surface area contributed by atoms with Gasteiger partial charge in [0.25, 0.3) is 0 Å². The zero-order valence-electron chi connectivity index (χ0n) is 16.0. The third-order valence-electron chi connectivity index (χ3n) is 4.51. The highest BCUT2D eigenvalue weighted by molar-refractivity contribution is 5.84. The van der Waals surface area contributed by atoms with E-state index in [0.717, 1.165) is 16.8 Å². The van der Waals surface area contributed by atoms with E-state index in [0.29, 0.717) is 11.5 Å². The van der Waals surface area contributed by atoms with E-state index in [-0.39, 0.29) is 12.0 Å². The number of nitrogens with one attached hydrogen (secondary N) is 1. The summed E-state index contributed by atoms with van der Waals surface area (Å²) in [5.41, 5.74) is 3.68. The van der Waals surface area contributed by atoms with Crippen LogP contribution >= 0.6 is 0 Å². The Morgan fingerprint density at radius 2 is 1.63 bits per heavy atom. The fourth-order valence-corrected chi connectivity index (χ4v) is 2.54. The van der Waals surface area contributed by atoms with Gasteiger partial charge in [-0.15, -0.1) is 5.10 Å². The quantitative estimate of drug-likeness (QED) is 0.703. The minimum Gasteiger partial charge on any atom is -0.446 e. The Bertz CT molecular complexity index is 902. The molecule has 0 bridgehead atoms. The summed E-state index contributed by atoms with van der Waals surface area (Å²) in [5, 5.41) is 11.0. The molecule has 0 aliphatic heterocycles. The Hall–Kier alpha value is -3.15. The lowest BCUT2D eigenvalue weighted by atomic mass is 10.1. The molecule has 1 N–H and O–H groups in total. The Balaban J connectivity index is 1.81. The van der Waals surface area contributed by atoms with Crippen molar-refractivity contribution in [2.75, 3.05) is 5.32 Å². The third-order valence-corrected chi connectivity index (χ3v) is 4.51. The SMILES string of the molecule is Cc1nnn(-c2ccc(-c3ccccc3)cc2)c1NC(=O)O[C@H](C)C(C)C. The summed E-state index contributed by atoms with van der Waals surface area (Å²) in [4.78, 5) is 12.2. The van der Waals surface area contributed by atoms with Crippen molar-refractivity contribution < 1.29 is 9.53 Å². The van der Waals surface area contributed by atoms with Crippen LogP contribution in [-0.4, -0.2) is 27.2 Å². The smallest absolute Gasteiger partial charge is 0.413 e. The Morgan fingerprint density at radius 1 is 1.00 bits per heavy atom. The minimum atomic E-state index is -0.510. The van der Waals surface area contributed by atoms with Gasteiger partial charge in [-0.3, -0.25) is 5.32 Å². The highest BCUT2D eigenvalue weighted by atomic mass is 16.6. The molecule has 6 nitrogen and oxygen atoms in total. The standard InChI is InChI=1S/C21H24N4O2/c1-14(2)16(4)27-21(26)22-20-15(3)23-24-25(20)19-12-10-18(11-13-19)17-8-6-5-7-9-17/h5-14,16H,1-4H3,(H,22,26)/t16-/m1/s1. The van der Waals surface area contributed by atoms with E-state index < -0.39 is 6.09 Å². The summed E-state index contributed by atoms with van der Waals surface area (Å²) in [6, 6.07) is 18.1. The van der Waals surface area contributed by atoms with Crippen molar-refractivity contribution in [2.24, 2.45) is 5.92 Å². The summed E-state index contributed by atoms with van der Waals surface area (Å²) in [5.74, 6) is 0.744. The normalized spacial score (nSPS) is 12.0. The number of nitrogens with zero attached hydrogens (tertiary/aromatic N) is 3. The number of rotatable bonds is 5. The van der Waals surface area contributed by atoms with Gasteiger partial charge in [-0.2, -0.15) is 4.68 Å². The molecule has 140 valence electrons. The van der Waals surface area contributed by atoms with Crippen LogP contribution in [0, 0.1) is 12.8 Å². The summed E-state index contributed by atoms with van der Waals surface area (Å²) in [6.07, 6.45) is -0.691. The third kappa shape index (κ3) is 4.34. The number of benzene rings is 2. The maximum atomic E-state index is 12.2. The molecule has 0 saturated heterocycles. The highest BCUT2D eigenvalue weighted by Gasteiger charge is 2.18. The zero-order valence-corrected chi connectivity index (χ0v) is 16.0. The number of carbonyl (C=O) groups is 1. The predicted molar refractivity (Wildman–Crippen MR) is 106 cm³/mol. The molecule has 2 aromatic carbocycles. The van der Waals surface area contributed by atoms with E-state index >= 15 is 0 Å². The van der Waals surface area contributed by atoms with Crippen LogP contribution < -0.4 is 5.32 Å². The first-order valence-electron chi connectivity index (χ1n) is 9.01. The molecular formula is C21H24N4O2. The van der Waals surface area contributed by atoms with Gasteiger partial charge in [0, 0.05) is 0 Å². The van der Waals surface area contributed by atoms with E-state index in [1.807, 2.05) is 63.2 Å². The molecule has 6 heteroatoms. The average molecular weight is 364 g/mol. The van der Waals surface area contributed by atoms with Crippen molar-refractivity contribution >= 4 is 11.9 Å². The molecule has 1 heterocycles. The highest BCUT2D eigenvalue weighted by Crippen LogP contribution is 2.23. The molecule has 3 aromatic rings. The molecule has 0 aliphatic rings. The number of aryl methyl sites for hydroxylation is 1. The number of hydrogen-bond donors (Lipinski definition) is 1. The van der Waals surface area contributed by atoms with Gasteiger partial charge in [-0.25, -0.2) is 4.79 Å². The van der Waals surface area contributed by atoms with Crippen LogP contribution in [0.25, 0.3) is 16.8 Å². The van der Waals surface area contributed by atoms with Crippen LogP contribution in [0.2, 0.25) is 0 Å². The molecule has 1 amide bonds. The first-order valence-corrected chi connectivity index (χ1v) is 9.01. The second-order valence-electron chi connectivity index (χ2n) is 6.83. The topological polar surface area (TPSA) is 69.0 Å². The first-order chi connectivity index (χ1) is 13.0. The molecule has 0 unspecified atom stereocenters. The molecule has 0 radical (unpaired) electrons. The summed E-state index contributed by atoms with van der Waals surface area (Å²) >= 11 is 0. The van der Waals surface area contributed by atoms with Crippen molar-refractivity contribution in [3.63, 3.8) is 0 Å². The second kappa shape index (κ2) is 8.03. The van der Waals surface area contributed by atoms with Gasteiger partial charge in [0.1, 0.15) is 11.8 Å². The minimum absolute atomic E-state index is 0.181. The largest absolute Gasteiger partial charge is 0.446 e. The van der Waals surface area contributed by atoms with E-state index in [1.165, 1.54) is 0 Å². The number of ether oxygens (including phenoxy) is 1. The summed E-state index contributed by atoms with van der Waals surface area (Å²) < 4.78 is 6.99. The molecule has 1 aromatic heterocycles. The van der Waals surface area contributed by atoms with Gasteiger partial charge in [-0.05, 0) is 43.0 Å². The zero-order chi connectivity index (χ0) is 19.4. The van der Waals surface area contributed by atoms with Crippen molar-refractivity contribution in [3.8, 4) is 16.8 Å². The molecule has 0 fully saturated rings. The number of amides is 1. The van der Waals surface area contributed by atoms with Gasteiger partial charge in [-0.1, -0.05) is 61.5 Å². The van der Waals surface area contributed by atoms with Crippen molar-refractivity contribution in [3.05, 3.63) is 60.3 Å². The molecular weight excluding hydrogens is 340 g/mol. The Morgan fingerprint density at radius 3 is 2.26 bits per heavy atom. The lowest BCUT2D eigenvalue weighted by Gasteiger charge is -2.17. The van der Waals surface area contributed by atoms with Gasteiger partial charge >= 0.3 is 6.09 Å². The summed E-state index contributed by atoms with van der Waals surface area (Å²) in [7, 11) is 0.